The van der Waals surface area contributed by atoms with E-state index in [1.807, 2.05) is 13.8 Å². The average Bonchev–Trinajstić information content (AvgIpc) is 2.76. The molecule has 1 heterocycles. The minimum Gasteiger partial charge on any atom is -0.477 e. The minimum absolute atomic E-state index is 0.0806. The molecule has 1 aromatic heterocycles. The molecule has 19 heavy (non-hydrogen) atoms. The van der Waals surface area contributed by atoms with E-state index in [9.17, 15) is 4.79 Å². The number of carbonyl (C=O) groups is 1. The van der Waals surface area contributed by atoms with Crippen molar-refractivity contribution in [2.45, 2.75) is 19.9 Å². The molecule has 1 N–H and O–H groups in total. The molecule has 0 aliphatic heterocycles. The second-order valence-corrected chi connectivity index (χ2v) is 4.63. The van der Waals surface area contributed by atoms with Crippen molar-refractivity contribution in [2.75, 3.05) is 0 Å². The molecule has 0 amide bonds. The lowest BCUT2D eigenvalue weighted by Crippen LogP contribution is -2.11. The summed E-state index contributed by atoms with van der Waals surface area (Å²) < 4.78 is 7.09. The Morgan fingerprint density at radius 1 is 1.42 bits per heavy atom. The van der Waals surface area contributed by atoms with Crippen molar-refractivity contribution in [3.8, 4) is 11.8 Å². The Bertz CT molecular complexity index is 608. The highest BCUT2D eigenvalue weighted by Gasteiger charge is 2.19. The van der Waals surface area contributed by atoms with Crippen LogP contribution in [0.4, 0.5) is 0 Å². The van der Waals surface area contributed by atoms with Gasteiger partial charge >= 0.3 is 12.0 Å². The van der Waals surface area contributed by atoms with Crippen molar-refractivity contribution in [3.63, 3.8) is 0 Å². The molecule has 0 fully saturated rings. The number of aromatic carboxylic acids is 1. The van der Waals surface area contributed by atoms with Crippen LogP contribution in [0.25, 0.3) is 0 Å². The molecule has 100 valence electrons. The van der Waals surface area contributed by atoms with Gasteiger partial charge < -0.3 is 9.84 Å². The Balaban J connectivity index is 2.41. The van der Waals surface area contributed by atoms with E-state index in [1.165, 1.54) is 10.8 Å². The zero-order valence-electron chi connectivity index (χ0n) is 10.5. The molecular formula is C13H13ClN2O3. The van der Waals surface area contributed by atoms with Gasteiger partial charge in [0, 0.05) is 6.04 Å². The summed E-state index contributed by atoms with van der Waals surface area (Å²) in [5.74, 6) is -0.608. The van der Waals surface area contributed by atoms with Crippen molar-refractivity contribution in [1.29, 1.82) is 0 Å². The summed E-state index contributed by atoms with van der Waals surface area (Å²) in [7, 11) is 0. The number of carboxylic acid groups (broad SMARTS) is 1. The fourth-order valence-electron chi connectivity index (χ4n) is 1.70. The summed E-state index contributed by atoms with van der Waals surface area (Å²) in [4.78, 5) is 15.1. The Morgan fingerprint density at radius 3 is 2.68 bits per heavy atom. The molecule has 0 bridgehead atoms. The molecule has 0 saturated heterocycles. The molecule has 0 spiro atoms. The number of para-hydroxylation sites is 1. The lowest BCUT2D eigenvalue weighted by molar-refractivity contribution is 0.0682. The van der Waals surface area contributed by atoms with E-state index in [2.05, 4.69) is 4.98 Å². The molecule has 0 saturated carbocycles. The van der Waals surface area contributed by atoms with Gasteiger partial charge in [0.05, 0.1) is 11.2 Å². The number of aromatic nitrogens is 2. The van der Waals surface area contributed by atoms with Crippen molar-refractivity contribution >= 4 is 17.6 Å². The van der Waals surface area contributed by atoms with E-state index in [0.29, 0.717) is 10.8 Å². The van der Waals surface area contributed by atoms with Gasteiger partial charge in [0.15, 0.2) is 0 Å². The normalized spacial score (nSPS) is 10.7. The molecule has 2 rings (SSSR count). The third-order valence-electron chi connectivity index (χ3n) is 2.54. The fourth-order valence-corrected chi connectivity index (χ4v) is 1.88. The third-order valence-corrected chi connectivity index (χ3v) is 2.85. The number of benzene rings is 1. The van der Waals surface area contributed by atoms with Gasteiger partial charge in [0.2, 0.25) is 0 Å². The number of nitrogens with zero attached hydrogens (tertiary/aromatic N) is 2. The van der Waals surface area contributed by atoms with Gasteiger partial charge in [-0.05, 0) is 26.0 Å². The van der Waals surface area contributed by atoms with Crippen LogP contribution < -0.4 is 4.74 Å². The smallest absolute Gasteiger partial charge is 0.354 e. The average molecular weight is 281 g/mol. The van der Waals surface area contributed by atoms with Gasteiger partial charge in [-0.15, -0.1) is 0 Å². The van der Waals surface area contributed by atoms with Gasteiger partial charge in [0.1, 0.15) is 11.4 Å². The topological polar surface area (TPSA) is 64.4 Å². The zero-order chi connectivity index (χ0) is 14.0. The van der Waals surface area contributed by atoms with E-state index >= 15 is 0 Å². The summed E-state index contributed by atoms with van der Waals surface area (Å²) in [6.07, 6.45) is 1.27. The van der Waals surface area contributed by atoms with Crippen molar-refractivity contribution in [3.05, 3.63) is 41.2 Å². The lowest BCUT2D eigenvalue weighted by Gasteiger charge is -2.14. The van der Waals surface area contributed by atoms with E-state index in [4.69, 9.17) is 21.4 Å². The molecule has 6 heteroatoms. The Morgan fingerprint density at radius 2 is 2.11 bits per heavy atom. The first-order valence-corrected chi connectivity index (χ1v) is 6.11. The van der Waals surface area contributed by atoms with Crippen molar-refractivity contribution in [2.24, 2.45) is 0 Å². The summed E-state index contributed by atoms with van der Waals surface area (Å²) in [5, 5.41) is 9.55. The van der Waals surface area contributed by atoms with Crippen LogP contribution >= 0.6 is 11.6 Å². The zero-order valence-corrected chi connectivity index (χ0v) is 11.3. The highest BCUT2D eigenvalue weighted by Crippen LogP contribution is 2.30. The minimum atomic E-state index is -1.05. The second-order valence-electron chi connectivity index (χ2n) is 4.23. The molecular weight excluding hydrogens is 268 g/mol. The molecule has 0 unspecified atom stereocenters. The summed E-state index contributed by atoms with van der Waals surface area (Å²) in [6.45, 7) is 3.71. The predicted molar refractivity (Wildman–Crippen MR) is 71.1 cm³/mol. The standard InChI is InChI=1S/C13H13ClN2O3/c1-8(2)16-10(12(17)18)7-15-13(16)19-11-6-4-3-5-9(11)14/h3-8H,1-2H3,(H,17,18). The van der Waals surface area contributed by atoms with E-state index in [1.54, 1.807) is 24.3 Å². The van der Waals surface area contributed by atoms with Crippen LogP contribution in [0.1, 0.15) is 30.4 Å². The molecule has 0 radical (unpaired) electrons. The Kier molecular flexibility index (Phi) is 3.76. The van der Waals surface area contributed by atoms with Crippen LogP contribution in [0.15, 0.2) is 30.5 Å². The highest BCUT2D eigenvalue weighted by atomic mass is 35.5. The number of ether oxygens (including phenoxy) is 1. The van der Waals surface area contributed by atoms with E-state index in [0.717, 1.165) is 0 Å². The molecule has 2 aromatic rings. The van der Waals surface area contributed by atoms with Crippen LogP contribution in [0, 0.1) is 0 Å². The number of hydrogen-bond acceptors (Lipinski definition) is 3. The Hall–Kier alpha value is -2.01. The number of imidazole rings is 1. The van der Waals surface area contributed by atoms with Gasteiger partial charge in [-0.1, -0.05) is 23.7 Å². The largest absolute Gasteiger partial charge is 0.477 e. The van der Waals surface area contributed by atoms with E-state index < -0.39 is 5.97 Å². The van der Waals surface area contributed by atoms with Crippen LogP contribution in [0.3, 0.4) is 0 Å². The number of hydrogen-bond donors (Lipinski definition) is 1. The molecule has 1 aromatic carbocycles. The first-order chi connectivity index (χ1) is 9.00. The molecule has 0 atom stereocenters. The third kappa shape index (κ3) is 2.71. The SMILES string of the molecule is CC(C)n1c(C(=O)O)cnc1Oc1ccccc1Cl. The van der Waals surface area contributed by atoms with Gasteiger partial charge in [0.25, 0.3) is 0 Å². The Labute approximate surface area is 115 Å². The molecule has 5 nitrogen and oxygen atoms in total. The molecule has 0 aliphatic rings. The van der Waals surface area contributed by atoms with Crippen molar-refractivity contribution in [1.82, 2.24) is 9.55 Å². The maximum absolute atomic E-state index is 11.1. The maximum Gasteiger partial charge on any atom is 0.354 e. The first kappa shape index (κ1) is 13.4. The quantitative estimate of drug-likeness (QED) is 0.929. The summed E-state index contributed by atoms with van der Waals surface area (Å²) in [6, 6.07) is 7.07. The second kappa shape index (κ2) is 5.32. The summed E-state index contributed by atoms with van der Waals surface area (Å²) >= 11 is 6.00. The fraction of sp³-hybridized carbons (Fsp3) is 0.231. The lowest BCUT2D eigenvalue weighted by atomic mass is 10.3. The number of halogens is 1. The summed E-state index contributed by atoms with van der Waals surface area (Å²) in [5.41, 5.74) is 0.0806. The number of rotatable bonds is 4. The van der Waals surface area contributed by atoms with E-state index in [-0.39, 0.29) is 17.7 Å². The number of carboxylic acids is 1. The highest BCUT2D eigenvalue weighted by molar-refractivity contribution is 6.32. The van der Waals surface area contributed by atoms with Crippen LogP contribution in [0.2, 0.25) is 5.02 Å². The molecule has 0 aliphatic carbocycles. The van der Waals surface area contributed by atoms with Crippen LogP contribution in [0.5, 0.6) is 11.8 Å². The predicted octanol–water partition coefficient (Wildman–Crippen LogP) is 3.61. The van der Waals surface area contributed by atoms with Gasteiger partial charge in [-0.25, -0.2) is 9.78 Å². The first-order valence-electron chi connectivity index (χ1n) is 5.73. The van der Waals surface area contributed by atoms with Gasteiger partial charge in [-0.2, -0.15) is 0 Å². The van der Waals surface area contributed by atoms with Gasteiger partial charge in [-0.3, -0.25) is 4.57 Å². The monoisotopic (exact) mass is 280 g/mol. The van der Waals surface area contributed by atoms with Crippen LogP contribution in [-0.2, 0) is 0 Å². The maximum atomic E-state index is 11.1. The van der Waals surface area contributed by atoms with Crippen LogP contribution in [-0.4, -0.2) is 20.6 Å². The van der Waals surface area contributed by atoms with Crippen molar-refractivity contribution < 1.29 is 14.6 Å².